The Bertz CT molecular complexity index is 237. The van der Waals surface area contributed by atoms with Crippen molar-refractivity contribution in [3.8, 4) is 0 Å². The number of rotatable bonds is 16. The second-order valence-electron chi connectivity index (χ2n) is 6.24. The number of aliphatic hydroxyl groups excluding tert-OH is 1. The monoisotopic (exact) mass is 356 g/mol. The molecule has 0 heterocycles. The molecule has 0 radical (unpaired) electrons. The molecule has 0 aliphatic carbocycles. The van der Waals surface area contributed by atoms with Gasteiger partial charge in [0, 0.05) is 5.97 Å². The van der Waals surface area contributed by atoms with Crippen LogP contribution in [0.5, 0.6) is 0 Å². The van der Waals surface area contributed by atoms with Gasteiger partial charge in [-0.25, -0.2) is 0 Å². The van der Waals surface area contributed by atoms with Crippen molar-refractivity contribution in [2.24, 2.45) is 0 Å². The van der Waals surface area contributed by atoms with E-state index in [9.17, 15) is 15.0 Å². The van der Waals surface area contributed by atoms with E-state index in [1.807, 2.05) is 0 Å². The second-order valence-corrected chi connectivity index (χ2v) is 6.24. The van der Waals surface area contributed by atoms with E-state index < -0.39 is 5.97 Å². The van der Waals surface area contributed by atoms with E-state index in [1.54, 1.807) is 0 Å². The molecule has 0 saturated heterocycles. The number of aliphatic hydroxyl groups is 1. The fourth-order valence-electron chi connectivity index (χ4n) is 2.66. The molecule has 0 saturated carbocycles. The van der Waals surface area contributed by atoms with Crippen LogP contribution in [0.3, 0.4) is 0 Å². The molecular formula is C18H36CaO4. The molecule has 0 aliphatic rings. The molecule has 134 valence electrons. The number of unbranched alkanes of at least 4 members (excludes halogenated alkanes) is 10. The summed E-state index contributed by atoms with van der Waals surface area (Å²) in [7, 11) is 0. The Balaban J connectivity index is -0.00000200. The summed E-state index contributed by atoms with van der Waals surface area (Å²) in [6.07, 6.45) is 15.9. The largest absolute Gasteiger partial charge is 2.00 e. The summed E-state index contributed by atoms with van der Waals surface area (Å²) in [5.41, 5.74) is 0. The van der Waals surface area contributed by atoms with Crippen LogP contribution in [0.4, 0.5) is 0 Å². The number of carbonyl (C=O) groups excluding carboxylic acids is 1. The Morgan fingerprint density at radius 3 is 1.65 bits per heavy atom. The molecule has 4 nitrogen and oxygen atoms in total. The van der Waals surface area contributed by atoms with Gasteiger partial charge in [0.05, 0.1) is 6.10 Å². The fourth-order valence-corrected chi connectivity index (χ4v) is 2.66. The van der Waals surface area contributed by atoms with Gasteiger partial charge in [-0.05, 0) is 25.7 Å². The zero-order valence-corrected chi connectivity index (χ0v) is 17.3. The maximum atomic E-state index is 10.2. The minimum Gasteiger partial charge on any atom is -0.870 e. The van der Waals surface area contributed by atoms with E-state index in [4.69, 9.17) is 0 Å². The number of aliphatic carboxylic acids is 1. The van der Waals surface area contributed by atoms with Crippen LogP contribution in [0.15, 0.2) is 0 Å². The van der Waals surface area contributed by atoms with Crippen molar-refractivity contribution < 1.29 is 20.5 Å². The molecule has 0 aliphatic heterocycles. The van der Waals surface area contributed by atoms with Crippen LogP contribution in [0.1, 0.15) is 103 Å². The predicted octanol–water partition coefficient (Wildman–Crippen LogP) is 3.41. The average molecular weight is 357 g/mol. The SMILES string of the molecule is CCCCCCC(O)CCCCCCCCCCC(=O)[O-].[Ca+2].[OH-]. The van der Waals surface area contributed by atoms with E-state index in [2.05, 4.69) is 6.92 Å². The molecule has 0 amide bonds. The van der Waals surface area contributed by atoms with E-state index in [0.29, 0.717) is 0 Å². The molecule has 2 N–H and O–H groups in total. The molecule has 0 spiro atoms. The first kappa shape index (κ1) is 28.5. The van der Waals surface area contributed by atoms with Gasteiger partial charge in [-0.1, -0.05) is 77.6 Å². The summed E-state index contributed by atoms with van der Waals surface area (Å²) < 4.78 is 0. The number of carboxylic acids is 1. The third-order valence-electron chi connectivity index (χ3n) is 4.06. The number of hydrogen-bond acceptors (Lipinski definition) is 4. The summed E-state index contributed by atoms with van der Waals surface area (Å²) in [4.78, 5) is 10.2. The van der Waals surface area contributed by atoms with Crippen LogP contribution in [0, 0.1) is 0 Å². The first-order chi connectivity index (χ1) is 10.2. The normalized spacial score (nSPS) is 11.4. The smallest absolute Gasteiger partial charge is 0.870 e. The van der Waals surface area contributed by atoms with Gasteiger partial charge in [0.2, 0.25) is 0 Å². The van der Waals surface area contributed by atoms with Crippen molar-refractivity contribution >= 4 is 43.7 Å². The third kappa shape index (κ3) is 25.0. The molecule has 0 aromatic heterocycles. The Morgan fingerprint density at radius 2 is 1.22 bits per heavy atom. The minimum atomic E-state index is -0.928. The second kappa shape index (κ2) is 22.6. The van der Waals surface area contributed by atoms with Gasteiger partial charge in [-0.15, -0.1) is 0 Å². The fraction of sp³-hybridized carbons (Fsp3) is 0.944. The summed E-state index contributed by atoms with van der Waals surface area (Å²) >= 11 is 0. The van der Waals surface area contributed by atoms with Crippen LogP contribution < -0.4 is 5.11 Å². The van der Waals surface area contributed by atoms with Crippen LogP contribution in [-0.4, -0.2) is 60.4 Å². The predicted molar refractivity (Wildman–Crippen MR) is 93.6 cm³/mol. The van der Waals surface area contributed by atoms with Crippen LogP contribution in [-0.2, 0) is 4.79 Å². The zero-order valence-electron chi connectivity index (χ0n) is 15.1. The third-order valence-corrected chi connectivity index (χ3v) is 4.06. The van der Waals surface area contributed by atoms with Crippen molar-refractivity contribution in [3.05, 3.63) is 0 Å². The first-order valence-electron chi connectivity index (χ1n) is 9.04. The van der Waals surface area contributed by atoms with Gasteiger partial charge in [0.25, 0.3) is 0 Å². The zero-order chi connectivity index (χ0) is 15.8. The van der Waals surface area contributed by atoms with E-state index in [-0.39, 0.29) is 55.7 Å². The summed E-state index contributed by atoms with van der Waals surface area (Å²) in [5, 5.41) is 20.1. The molecule has 1 unspecified atom stereocenters. The number of carbonyl (C=O) groups is 1. The van der Waals surface area contributed by atoms with Crippen molar-refractivity contribution in [3.63, 3.8) is 0 Å². The summed E-state index contributed by atoms with van der Waals surface area (Å²) in [5.74, 6) is -0.928. The van der Waals surface area contributed by atoms with E-state index in [0.717, 1.165) is 38.5 Å². The van der Waals surface area contributed by atoms with Crippen molar-refractivity contribution in [1.82, 2.24) is 0 Å². The maximum Gasteiger partial charge on any atom is 2.00 e. The van der Waals surface area contributed by atoms with Gasteiger partial charge in [0.15, 0.2) is 0 Å². The molecule has 0 fully saturated rings. The van der Waals surface area contributed by atoms with Gasteiger partial charge < -0.3 is 20.5 Å². The molecule has 5 heteroatoms. The molecule has 23 heavy (non-hydrogen) atoms. The molecule has 0 bridgehead atoms. The summed E-state index contributed by atoms with van der Waals surface area (Å²) in [6, 6.07) is 0. The Labute approximate surface area is 172 Å². The van der Waals surface area contributed by atoms with Crippen molar-refractivity contribution in [1.29, 1.82) is 0 Å². The quantitative estimate of drug-likeness (QED) is 0.339. The Kier molecular flexibility index (Phi) is 28.0. The topological polar surface area (TPSA) is 90.4 Å². The maximum absolute atomic E-state index is 10.2. The van der Waals surface area contributed by atoms with E-state index >= 15 is 0 Å². The van der Waals surface area contributed by atoms with Gasteiger partial charge in [0.1, 0.15) is 0 Å². The number of hydrogen-bond donors (Lipinski definition) is 1. The molecular weight excluding hydrogens is 320 g/mol. The van der Waals surface area contributed by atoms with Gasteiger partial charge in [-0.3, -0.25) is 0 Å². The standard InChI is InChI=1S/C18H36O3.Ca.H2O/c1-2-3-4-11-14-17(19)15-12-9-7-5-6-8-10-13-16-18(20)21;;/h17,19H,2-16H2,1H3,(H,20,21);;1H2/q;+2;/p-2. The van der Waals surface area contributed by atoms with Crippen LogP contribution in [0.2, 0.25) is 0 Å². The van der Waals surface area contributed by atoms with Crippen molar-refractivity contribution in [2.75, 3.05) is 0 Å². The van der Waals surface area contributed by atoms with Gasteiger partial charge >= 0.3 is 37.7 Å². The molecule has 0 rings (SSSR count). The Hall–Kier alpha value is 0.650. The average Bonchev–Trinajstić information content (AvgIpc) is 2.45. The molecule has 0 aromatic rings. The minimum absolute atomic E-state index is 0. The molecule has 0 aromatic carbocycles. The first-order valence-corrected chi connectivity index (χ1v) is 9.04. The summed E-state index contributed by atoms with van der Waals surface area (Å²) in [6.45, 7) is 2.21. The number of carboxylic acid groups (broad SMARTS) is 1. The van der Waals surface area contributed by atoms with Gasteiger partial charge in [-0.2, -0.15) is 0 Å². The van der Waals surface area contributed by atoms with E-state index in [1.165, 1.54) is 51.4 Å². The van der Waals surface area contributed by atoms with Crippen LogP contribution in [0.25, 0.3) is 0 Å². The van der Waals surface area contributed by atoms with Crippen molar-refractivity contribution in [2.45, 2.75) is 109 Å². The molecule has 1 atom stereocenters. The van der Waals surface area contributed by atoms with Crippen LogP contribution >= 0.6 is 0 Å². The Morgan fingerprint density at radius 1 is 0.826 bits per heavy atom.